The van der Waals surface area contributed by atoms with Gasteiger partial charge in [0, 0.05) is 0 Å². The van der Waals surface area contributed by atoms with E-state index in [-0.39, 0.29) is 16.9 Å². The lowest BCUT2D eigenvalue weighted by Gasteiger charge is -2.55. The van der Waals surface area contributed by atoms with Crippen LogP contribution >= 0.6 is 0 Å². The Bertz CT molecular complexity index is 1200. The molecule has 1 heterocycles. The van der Waals surface area contributed by atoms with Crippen LogP contribution in [-0.4, -0.2) is 26.8 Å². The predicted molar refractivity (Wildman–Crippen MR) is 120 cm³/mol. The average molecular weight is 437 g/mol. The number of aryl methyl sites for hydroxylation is 2. The van der Waals surface area contributed by atoms with Gasteiger partial charge in [0.1, 0.15) is 5.56 Å². The molecule has 32 heavy (non-hydrogen) atoms. The highest BCUT2D eigenvalue weighted by Gasteiger charge is 2.54. The number of amides is 1. The number of aromatic nitrogens is 2. The smallest absolute Gasteiger partial charge is 0.335 e. The minimum absolute atomic E-state index is 0.105. The fourth-order valence-electron chi connectivity index (χ4n) is 6.42. The van der Waals surface area contributed by atoms with Crippen molar-refractivity contribution in [2.24, 2.45) is 28.3 Å². The van der Waals surface area contributed by atoms with Gasteiger partial charge in [-0.1, -0.05) is 6.07 Å². The van der Waals surface area contributed by atoms with Crippen molar-refractivity contribution in [1.29, 1.82) is 0 Å². The number of carbonyl (C=O) groups is 1. The van der Waals surface area contributed by atoms with Gasteiger partial charge in [-0.05, 0) is 93.4 Å². The van der Waals surface area contributed by atoms with E-state index in [1.165, 1.54) is 19.3 Å². The van der Waals surface area contributed by atoms with Crippen LogP contribution in [0.5, 0.6) is 5.88 Å². The zero-order valence-electron chi connectivity index (χ0n) is 18.4. The molecule has 0 unspecified atom stereocenters. The fraction of sp³-hybridized carbons (Fsp3) is 0.500. The molecular weight excluding hydrogens is 408 g/mol. The van der Waals surface area contributed by atoms with Gasteiger partial charge in [-0.15, -0.1) is 0 Å². The van der Waals surface area contributed by atoms with Crippen molar-refractivity contribution in [3.63, 3.8) is 0 Å². The van der Waals surface area contributed by atoms with E-state index in [1.807, 2.05) is 19.9 Å². The number of aromatic amines is 1. The summed E-state index contributed by atoms with van der Waals surface area (Å²) in [6.07, 6.45) is 7.54. The largest absolute Gasteiger partial charge is 0.493 e. The third kappa shape index (κ3) is 3.38. The molecule has 0 atom stereocenters. The zero-order chi connectivity index (χ0) is 22.6. The molecular formula is C24H28N4O4. The Kier molecular flexibility index (Phi) is 4.83. The number of H-pyrrole nitrogens is 1. The van der Waals surface area contributed by atoms with Crippen LogP contribution in [-0.2, 0) is 4.79 Å². The molecule has 8 heteroatoms. The molecule has 4 saturated carbocycles. The van der Waals surface area contributed by atoms with Crippen LogP contribution in [0.4, 0.5) is 0 Å². The quantitative estimate of drug-likeness (QED) is 0.504. The first kappa shape index (κ1) is 20.7. The molecule has 6 rings (SSSR count). The summed E-state index contributed by atoms with van der Waals surface area (Å²) in [6, 6.07) is 5.28. The fourth-order valence-corrected chi connectivity index (χ4v) is 6.42. The first-order valence-corrected chi connectivity index (χ1v) is 11.3. The van der Waals surface area contributed by atoms with E-state index in [2.05, 4.69) is 15.5 Å². The summed E-state index contributed by atoms with van der Waals surface area (Å²) >= 11 is 0. The Hall–Kier alpha value is -3.16. The second-order valence-electron chi connectivity index (χ2n) is 10.00. The van der Waals surface area contributed by atoms with Gasteiger partial charge in [-0.25, -0.2) is 14.8 Å². The maximum Gasteiger partial charge on any atom is 0.335 e. The van der Waals surface area contributed by atoms with Crippen molar-refractivity contribution in [1.82, 2.24) is 15.0 Å². The Labute approximate surface area is 185 Å². The molecule has 0 spiro atoms. The van der Waals surface area contributed by atoms with Gasteiger partial charge >= 0.3 is 5.69 Å². The third-order valence-electron chi connectivity index (χ3n) is 7.75. The Balaban J connectivity index is 1.41. The number of hydrazone groups is 1. The molecule has 0 aliphatic heterocycles. The van der Waals surface area contributed by atoms with Crippen molar-refractivity contribution >= 4 is 12.1 Å². The van der Waals surface area contributed by atoms with Crippen molar-refractivity contribution < 1.29 is 9.90 Å². The van der Waals surface area contributed by atoms with Crippen molar-refractivity contribution in [3.8, 4) is 11.6 Å². The molecule has 4 bridgehead atoms. The molecule has 4 fully saturated rings. The molecule has 2 aromatic rings. The second-order valence-corrected chi connectivity index (χ2v) is 10.00. The third-order valence-corrected chi connectivity index (χ3v) is 7.75. The molecule has 0 saturated heterocycles. The summed E-state index contributed by atoms with van der Waals surface area (Å²) in [5.41, 5.74) is 2.97. The van der Waals surface area contributed by atoms with Crippen LogP contribution in [0.3, 0.4) is 0 Å². The number of rotatable bonds is 4. The van der Waals surface area contributed by atoms with E-state index >= 15 is 0 Å². The van der Waals surface area contributed by atoms with Crippen molar-refractivity contribution in [2.45, 2.75) is 52.4 Å². The highest BCUT2D eigenvalue weighted by molar-refractivity contribution is 5.86. The molecule has 8 nitrogen and oxygen atoms in total. The minimum atomic E-state index is -0.764. The Morgan fingerprint density at radius 2 is 1.75 bits per heavy atom. The first-order valence-electron chi connectivity index (χ1n) is 11.3. The van der Waals surface area contributed by atoms with E-state index in [1.54, 1.807) is 12.1 Å². The molecule has 4 aliphatic carbocycles. The van der Waals surface area contributed by atoms with Crippen LogP contribution in [0.15, 0.2) is 32.9 Å². The van der Waals surface area contributed by atoms with E-state index in [9.17, 15) is 19.5 Å². The van der Waals surface area contributed by atoms with Crippen LogP contribution in [0.1, 0.15) is 55.2 Å². The summed E-state index contributed by atoms with van der Waals surface area (Å²) in [7, 11) is 0. The van der Waals surface area contributed by atoms with E-state index in [4.69, 9.17) is 0 Å². The number of hydrogen-bond acceptors (Lipinski definition) is 5. The van der Waals surface area contributed by atoms with Gasteiger partial charge in [0.15, 0.2) is 0 Å². The summed E-state index contributed by atoms with van der Waals surface area (Å²) in [6.45, 7) is 3.84. The van der Waals surface area contributed by atoms with Crippen LogP contribution in [0.2, 0.25) is 0 Å². The van der Waals surface area contributed by atoms with Gasteiger partial charge in [0.05, 0.1) is 17.3 Å². The standard InChI is InChI=1S/C24H28N4O4/c1-13-3-4-18(5-14(13)2)28-21(30)19(20(29)26-23(28)32)12-25-27-22(31)24-9-15-6-16(10-24)8-17(7-15)11-24/h3-5,12,15-17,30H,6-11H2,1-2H3,(H,27,31)(H,26,29,32)/b25-12+. The first-order chi connectivity index (χ1) is 15.3. The molecule has 3 N–H and O–H groups in total. The Morgan fingerprint density at radius 3 is 2.34 bits per heavy atom. The molecule has 1 aromatic carbocycles. The number of nitrogens with one attached hydrogen (secondary N) is 2. The molecule has 4 aliphatic rings. The lowest BCUT2D eigenvalue weighted by Crippen LogP contribution is -2.52. The molecule has 168 valence electrons. The van der Waals surface area contributed by atoms with Gasteiger partial charge in [0.25, 0.3) is 5.56 Å². The SMILES string of the molecule is Cc1ccc(-n2c(O)c(/C=N/NC(=O)C34CC5CC(CC(C5)C3)C4)c(=O)[nH]c2=O)cc1C. The topological polar surface area (TPSA) is 117 Å². The van der Waals surface area contributed by atoms with E-state index in [0.717, 1.165) is 41.2 Å². The summed E-state index contributed by atoms with van der Waals surface area (Å²) < 4.78 is 1.02. The molecule has 1 aromatic heterocycles. The number of hydrogen-bond donors (Lipinski definition) is 3. The normalized spacial score (nSPS) is 28.4. The highest BCUT2D eigenvalue weighted by Crippen LogP contribution is 2.60. The zero-order valence-corrected chi connectivity index (χ0v) is 18.4. The maximum atomic E-state index is 13.0. The van der Waals surface area contributed by atoms with E-state index < -0.39 is 17.1 Å². The monoisotopic (exact) mass is 436 g/mol. The maximum absolute atomic E-state index is 13.0. The molecule has 1 amide bonds. The number of aromatic hydroxyl groups is 1. The molecule has 0 radical (unpaired) electrons. The number of nitrogens with zero attached hydrogens (tertiary/aromatic N) is 2. The summed E-state index contributed by atoms with van der Waals surface area (Å²) in [5, 5.41) is 14.7. The van der Waals surface area contributed by atoms with Crippen LogP contribution < -0.4 is 16.7 Å². The van der Waals surface area contributed by atoms with Gasteiger partial charge < -0.3 is 5.11 Å². The highest BCUT2D eigenvalue weighted by atomic mass is 16.3. The number of benzene rings is 1. The van der Waals surface area contributed by atoms with E-state index in [0.29, 0.717) is 23.4 Å². The summed E-state index contributed by atoms with van der Waals surface area (Å²) in [4.78, 5) is 40.0. The minimum Gasteiger partial charge on any atom is -0.493 e. The van der Waals surface area contributed by atoms with Gasteiger partial charge in [-0.2, -0.15) is 5.10 Å². The van der Waals surface area contributed by atoms with Gasteiger partial charge in [-0.3, -0.25) is 14.6 Å². The second kappa shape index (κ2) is 7.46. The van der Waals surface area contributed by atoms with Crippen molar-refractivity contribution in [2.75, 3.05) is 0 Å². The average Bonchev–Trinajstić information content (AvgIpc) is 2.71. The number of carbonyl (C=O) groups excluding carboxylic acids is 1. The lowest BCUT2D eigenvalue weighted by molar-refractivity contribution is -0.146. The van der Waals surface area contributed by atoms with Crippen LogP contribution in [0, 0.1) is 37.0 Å². The van der Waals surface area contributed by atoms with Crippen molar-refractivity contribution in [3.05, 3.63) is 55.7 Å². The lowest BCUT2D eigenvalue weighted by atomic mass is 9.49. The summed E-state index contributed by atoms with van der Waals surface area (Å²) in [5.74, 6) is 1.26. The Morgan fingerprint density at radius 1 is 1.12 bits per heavy atom. The van der Waals surface area contributed by atoms with Gasteiger partial charge in [0.2, 0.25) is 11.8 Å². The van der Waals surface area contributed by atoms with Crippen LogP contribution in [0.25, 0.3) is 5.69 Å². The predicted octanol–water partition coefficient (Wildman–Crippen LogP) is 2.51.